The summed E-state index contributed by atoms with van der Waals surface area (Å²) in [6, 6.07) is 11.5. The van der Waals surface area contributed by atoms with Crippen molar-refractivity contribution in [3.8, 4) is 5.75 Å². The van der Waals surface area contributed by atoms with Crippen LogP contribution >= 0.6 is 0 Å². The Hall–Kier alpha value is -1.97. The van der Waals surface area contributed by atoms with E-state index in [1.807, 2.05) is 43.4 Å². The number of rotatable bonds is 3. The predicted molar refractivity (Wildman–Crippen MR) is 58.4 cm³/mol. The van der Waals surface area contributed by atoms with Crippen LogP contribution in [-0.4, -0.2) is 9.78 Å². The van der Waals surface area contributed by atoms with Crippen molar-refractivity contribution in [1.82, 2.24) is 9.78 Å². The van der Waals surface area contributed by atoms with Gasteiger partial charge in [0.15, 0.2) is 0 Å². The normalized spacial score (nSPS) is 10.2. The van der Waals surface area contributed by atoms with E-state index in [1.165, 1.54) is 0 Å². The van der Waals surface area contributed by atoms with Crippen molar-refractivity contribution in [2.24, 2.45) is 7.05 Å². The Balaban J connectivity index is 2.02. The summed E-state index contributed by atoms with van der Waals surface area (Å²) in [7, 11) is 1.85. The molecule has 1 heterocycles. The smallest absolute Gasteiger partial charge is 0.145 e. The fraction of sp³-hybridized carbons (Fsp3) is 0.182. The molecule has 2 aromatic rings. The fourth-order valence-electron chi connectivity index (χ4n) is 1.34. The molecule has 15 heavy (non-hydrogen) atoms. The maximum atomic E-state index is 5.57. The lowest BCUT2D eigenvalue weighted by Crippen LogP contribution is -2.02. The number of aromatic nitrogens is 2. The Bertz CT molecular complexity index is 436. The van der Waals surface area contributed by atoms with Gasteiger partial charge in [-0.1, -0.05) is 18.2 Å². The van der Waals surface area contributed by atoms with Gasteiger partial charge in [0, 0.05) is 13.1 Å². The van der Waals surface area contributed by atoms with E-state index in [0.29, 0.717) is 12.4 Å². The van der Waals surface area contributed by atoms with Gasteiger partial charge < -0.3 is 10.5 Å². The molecule has 0 amide bonds. The van der Waals surface area contributed by atoms with Crippen LogP contribution in [0.4, 0.5) is 5.82 Å². The number of ether oxygens (including phenoxy) is 1. The van der Waals surface area contributed by atoms with Crippen LogP contribution in [0.2, 0.25) is 0 Å². The van der Waals surface area contributed by atoms with E-state index in [2.05, 4.69) is 5.10 Å². The van der Waals surface area contributed by atoms with Crippen molar-refractivity contribution in [2.45, 2.75) is 6.61 Å². The van der Waals surface area contributed by atoms with Crippen LogP contribution in [0.5, 0.6) is 5.75 Å². The van der Waals surface area contributed by atoms with Gasteiger partial charge in [0.25, 0.3) is 0 Å². The summed E-state index contributed by atoms with van der Waals surface area (Å²) in [5, 5.41) is 4.04. The molecule has 4 heteroatoms. The lowest BCUT2D eigenvalue weighted by atomic mass is 10.3. The highest BCUT2D eigenvalue weighted by atomic mass is 16.5. The SMILES string of the molecule is Cn1nc(N)cc1COc1ccccc1. The Morgan fingerprint density at radius 2 is 2.07 bits per heavy atom. The summed E-state index contributed by atoms with van der Waals surface area (Å²) in [6.45, 7) is 0.477. The monoisotopic (exact) mass is 203 g/mol. The van der Waals surface area contributed by atoms with Gasteiger partial charge in [-0.2, -0.15) is 5.10 Å². The topological polar surface area (TPSA) is 53.1 Å². The second-order valence-electron chi connectivity index (χ2n) is 3.29. The van der Waals surface area contributed by atoms with Crippen molar-refractivity contribution in [3.05, 3.63) is 42.1 Å². The van der Waals surface area contributed by atoms with E-state index in [0.717, 1.165) is 11.4 Å². The highest BCUT2D eigenvalue weighted by molar-refractivity contribution is 5.29. The number of hydrogen-bond acceptors (Lipinski definition) is 3. The number of nitrogens with two attached hydrogens (primary N) is 1. The number of nitrogen functional groups attached to an aromatic ring is 1. The summed E-state index contributed by atoms with van der Waals surface area (Å²) in [4.78, 5) is 0. The highest BCUT2D eigenvalue weighted by Gasteiger charge is 2.02. The number of aryl methyl sites for hydroxylation is 1. The molecule has 1 aromatic carbocycles. The molecule has 0 saturated carbocycles. The van der Waals surface area contributed by atoms with Crippen LogP contribution in [-0.2, 0) is 13.7 Å². The van der Waals surface area contributed by atoms with Gasteiger partial charge in [0.2, 0.25) is 0 Å². The van der Waals surface area contributed by atoms with Gasteiger partial charge in [0.1, 0.15) is 18.2 Å². The molecule has 0 fully saturated rings. The minimum atomic E-state index is 0.477. The first-order chi connectivity index (χ1) is 7.25. The minimum absolute atomic E-state index is 0.477. The van der Waals surface area contributed by atoms with Gasteiger partial charge in [-0.3, -0.25) is 4.68 Å². The first-order valence-corrected chi connectivity index (χ1v) is 4.72. The first kappa shape index (κ1) is 9.58. The van der Waals surface area contributed by atoms with Crippen LogP contribution in [0.15, 0.2) is 36.4 Å². The Morgan fingerprint density at radius 1 is 1.33 bits per heavy atom. The molecule has 1 aromatic heterocycles. The van der Waals surface area contributed by atoms with Crippen molar-refractivity contribution >= 4 is 5.82 Å². The average Bonchev–Trinajstić information content (AvgIpc) is 2.56. The third-order valence-electron chi connectivity index (χ3n) is 2.13. The molecule has 0 saturated heterocycles. The number of para-hydroxylation sites is 1. The fourth-order valence-corrected chi connectivity index (χ4v) is 1.34. The zero-order chi connectivity index (χ0) is 10.7. The van der Waals surface area contributed by atoms with E-state index in [9.17, 15) is 0 Å². The van der Waals surface area contributed by atoms with Crippen LogP contribution in [0.1, 0.15) is 5.69 Å². The molecule has 0 aliphatic heterocycles. The molecule has 2 N–H and O–H groups in total. The molecule has 0 aliphatic carbocycles. The Labute approximate surface area is 88.3 Å². The number of nitrogens with zero attached hydrogens (tertiary/aromatic N) is 2. The van der Waals surface area contributed by atoms with Gasteiger partial charge in [-0.25, -0.2) is 0 Å². The quantitative estimate of drug-likeness (QED) is 0.824. The van der Waals surface area contributed by atoms with Crippen molar-refractivity contribution in [2.75, 3.05) is 5.73 Å². The van der Waals surface area contributed by atoms with E-state index < -0.39 is 0 Å². The molecular formula is C11H13N3O. The molecule has 78 valence electrons. The largest absolute Gasteiger partial charge is 0.487 e. The van der Waals surface area contributed by atoms with E-state index >= 15 is 0 Å². The maximum Gasteiger partial charge on any atom is 0.145 e. The van der Waals surface area contributed by atoms with Gasteiger partial charge in [-0.05, 0) is 12.1 Å². The van der Waals surface area contributed by atoms with Gasteiger partial charge in [0.05, 0.1) is 5.69 Å². The summed E-state index contributed by atoms with van der Waals surface area (Å²) in [6.07, 6.45) is 0. The van der Waals surface area contributed by atoms with Crippen molar-refractivity contribution in [1.29, 1.82) is 0 Å². The van der Waals surface area contributed by atoms with E-state index in [4.69, 9.17) is 10.5 Å². The highest BCUT2D eigenvalue weighted by Crippen LogP contribution is 2.12. The summed E-state index contributed by atoms with van der Waals surface area (Å²) >= 11 is 0. The molecule has 0 aliphatic rings. The molecule has 0 spiro atoms. The molecule has 0 unspecified atom stereocenters. The third-order valence-corrected chi connectivity index (χ3v) is 2.13. The summed E-state index contributed by atoms with van der Waals surface area (Å²) < 4.78 is 7.29. The first-order valence-electron chi connectivity index (χ1n) is 4.72. The lowest BCUT2D eigenvalue weighted by molar-refractivity contribution is 0.295. The number of benzene rings is 1. The summed E-state index contributed by atoms with van der Waals surface area (Å²) in [5.74, 6) is 1.36. The second-order valence-corrected chi connectivity index (χ2v) is 3.29. The zero-order valence-electron chi connectivity index (χ0n) is 8.55. The Kier molecular flexibility index (Phi) is 2.58. The molecule has 0 bridgehead atoms. The second kappa shape index (κ2) is 4.04. The predicted octanol–water partition coefficient (Wildman–Crippen LogP) is 1.58. The van der Waals surface area contributed by atoms with Crippen molar-refractivity contribution < 1.29 is 4.74 Å². The standard InChI is InChI=1S/C11H13N3O/c1-14-9(7-11(12)13-14)8-15-10-5-3-2-4-6-10/h2-7H,8H2,1H3,(H2,12,13). The van der Waals surface area contributed by atoms with Crippen LogP contribution in [0.3, 0.4) is 0 Å². The Morgan fingerprint density at radius 3 is 2.67 bits per heavy atom. The maximum absolute atomic E-state index is 5.57. The third kappa shape index (κ3) is 2.28. The van der Waals surface area contributed by atoms with Crippen molar-refractivity contribution in [3.63, 3.8) is 0 Å². The lowest BCUT2D eigenvalue weighted by Gasteiger charge is -2.05. The van der Waals surface area contributed by atoms with Crippen LogP contribution < -0.4 is 10.5 Å². The van der Waals surface area contributed by atoms with Gasteiger partial charge in [-0.15, -0.1) is 0 Å². The summed E-state index contributed by atoms with van der Waals surface area (Å²) in [5.41, 5.74) is 6.52. The van der Waals surface area contributed by atoms with Crippen LogP contribution in [0.25, 0.3) is 0 Å². The molecule has 0 radical (unpaired) electrons. The number of anilines is 1. The van der Waals surface area contributed by atoms with Gasteiger partial charge >= 0.3 is 0 Å². The average molecular weight is 203 g/mol. The molecule has 4 nitrogen and oxygen atoms in total. The molecule has 2 rings (SSSR count). The van der Waals surface area contributed by atoms with E-state index in [-0.39, 0.29) is 0 Å². The zero-order valence-corrected chi connectivity index (χ0v) is 8.55. The van der Waals surface area contributed by atoms with E-state index in [1.54, 1.807) is 4.68 Å². The molecule has 0 atom stereocenters. The molecular weight excluding hydrogens is 190 g/mol. The number of hydrogen-bond donors (Lipinski definition) is 1. The minimum Gasteiger partial charge on any atom is -0.487 e. The van der Waals surface area contributed by atoms with Crippen LogP contribution in [0, 0.1) is 0 Å².